The van der Waals surface area contributed by atoms with Gasteiger partial charge in [0, 0.05) is 12.8 Å². The minimum Gasteiger partial charge on any atom is -0.481 e. The summed E-state index contributed by atoms with van der Waals surface area (Å²) < 4.78 is 0. The van der Waals surface area contributed by atoms with Crippen molar-refractivity contribution in [3.05, 3.63) is 24.3 Å². The largest absolute Gasteiger partial charge is 0.481 e. The fourth-order valence-corrected chi connectivity index (χ4v) is 3.62. The standard InChI is InChI=1S/C16H30O2.C14H26O2/c1-2-3-4-5-6-7-8-9-10-11-12-13-14-15-16(17)18;1-2-3-4-5-6-7-8-9-10-11-12-13-14(15)16/h7-8H,2-6,9-15H2,1H3,(H,17,18);5-6H,2-4,7-13H2,1H3,(H,15,16)/b;6-5-. The van der Waals surface area contributed by atoms with Gasteiger partial charge in [-0.3, -0.25) is 9.59 Å². The summed E-state index contributed by atoms with van der Waals surface area (Å²) in [4.78, 5) is 20.5. The highest BCUT2D eigenvalue weighted by Gasteiger charge is 1.96. The molecule has 4 heteroatoms. The highest BCUT2D eigenvalue weighted by molar-refractivity contribution is 5.66. The zero-order valence-electron chi connectivity index (χ0n) is 22.6. The van der Waals surface area contributed by atoms with Crippen LogP contribution in [0.1, 0.15) is 155 Å². The molecule has 0 saturated carbocycles. The number of rotatable bonds is 24. The molecule has 200 valence electrons. The molecule has 0 heterocycles. The molecule has 4 nitrogen and oxygen atoms in total. The van der Waals surface area contributed by atoms with Crippen LogP contribution in [0.5, 0.6) is 0 Å². The minimum atomic E-state index is -0.668. The fourth-order valence-electron chi connectivity index (χ4n) is 3.62. The van der Waals surface area contributed by atoms with Gasteiger partial charge in [0.15, 0.2) is 0 Å². The minimum absolute atomic E-state index is 0.330. The van der Waals surface area contributed by atoms with Crippen molar-refractivity contribution < 1.29 is 19.8 Å². The van der Waals surface area contributed by atoms with Crippen molar-refractivity contribution in [3.63, 3.8) is 0 Å². The van der Waals surface area contributed by atoms with E-state index in [0.29, 0.717) is 12.8 Å². The van der Waals surface area contributed by atoms with Crippen molar-refractivity contribution in [2.45, 2.75) is 155 Å². The molecule has 0 radical (unpaired) electrons. The molecule has 0 aromatic rings. The lowest BCUT2D eigenvalue weighted by atomic mass is 10.1. The zero-order valence-corrected chi connectivity index (χ0v) is 22.6. The van der Waals surface area contributed by atoms with Crippen LogP contribution in [-0.2, 0) is 9.59 Å². The van der Waals surface area contributed by atoms with Crippen molar-refractivity contribution in [1.29, 1.82) is 0 Å². The van der Waals surface area contributed by atoms with E-state index >= 15 is 0 Å². The van der Waals surface area contributed by atoms with Crippen molar-refractivity contribution in [3.8, 4) is 0 Å². The molecule has 0 unspecified atom stereocenters. The van der Waals surface area contributed by atoms with Crippen molar-refractivity contribution in [2.75, 3.05) is 0 Å². The first-order valence-corrected chi connectivity index (χ1v) is 14.3. The highest BCUT2D eigenvalue weighted by Crippen LogP contribution is 2.09. The molecular formula is C30H56O4. The van der Waals surface area contributed by atoms with Gasteiger partial charge in [0.1, 0.15) is 0 Å². The third-order valence-corrected chi connectivity index (χ3v) is 5.80. The van der Waals surface area contributed by atoms with Gasteiger partial charge in [0.05, 0.1) is 0 Å². The van der Waals surface area contributed by atoms with Crippen LogP contribution in [0.4, 0.5) is 0 Å². The molecule has 0 atom stereocenters. The summed E-state index contributed by atoms with van der Waals surface area (Å²) in [5, 5.41) is 16.9. The predicted octanol–water partition coefficient (Wildman–Crippen LogP) is 9.88. The van der Waals surface area contributed by atoms with E-state index in [0.717, 1.165) is 25.7 Å². The number of unbranched alkanes of at least 4 members (excludes halogenated alkanes) is 16. The first-order valence-electron chi connectivity index (χ1n) is 14.3. The second kappa shape index (κ2) is 31.4. The van der Waals surface area contributed by atoms with Crippen LogP contribution in [-0.4, -0.2) is 22.2 Å². The Bertz CT molecular complexity index is 482. The molecular weight excluding hydrogens is 424 g/mol. The van der Waals surface area contributed by atoms with Crippen molar-refractivity contribution in [2.24, 2.45) is 0 Å². The van der Waals surface area contributed by atoms with Gasteiger partial charge in [-0.15, -0.1) is 0 Å². The Kier molecular flexibility index (Phi) is 32.0. The van der Waals surface area contributed by atoms with Gasteiger partial charge in [-0.2, -0.15) is 0 Å². The van der Waals surface area contributed by atoms with Crippen LogP contribution in [0.3, 0.4) is 0 Å². The summed E-state index contributed by atoms with van der Waals surface area (Å²) >= 11 is 0. The number of carboxylic acids is 2. The SMILES string of the molecule is CCCC/C=C\CCCCCCCC(=O)O.CCCCCCC=CCCCCCCCC(=O)O. The molecule has 0 bridgehead atoms. The summed E-state index contributed by atoms with van der Waals surface area (Å²) in [6, 6.07) is 0. The first kappa shape index (κ1) is 34.6. The average Bonchev–Trinajstić information content (AvgIpc) is 2.80. The number of hydrogen-bond acceptors (Lipinski definition) is 2. The van der Waals surface area contributed by atoms with Crippen LogP contribution in [0.15, 0.2) is 24.3 Å². The van der Waals surface area contributed by atoms with Gasteiger partial charge in [-0.1, -0.05) is 109 Å². The van der Waals surface area contributed by atoms with Crippen LogP contribution < -0.4 is 0 Å². The second-order valence-corrected chi connectivity index (χ2v) is 9.33. The third-order valence-electron chi connectivity index (χ3n) is 5.80. The van der Waals surface area contributed by atoms with Crippen LogP contribution in [0.2, 0.25) is 0 Å². The summed E-state index contributed by atoms with van der Waals surface area (Å²) in [6.07, 6.45) is 33.7. The molecule has 0 aromatic heterocycles. The second-order valence-electron chi connectivity index (χ2n) is 9.33. The fraction of sp³-hybridized carbons (Fsp3) is 0.800. The normalized spacial score (nSPS) is 11.1. The Hall–Kier alpha value is -1.58. The molecule has 0 aliphatic rings. The maximum absolute atomic E-state index is 10.3. The predicted molar refractivity (Wildman–Crippen MR) is 146 cm³/mol. The Labute approximate surface area is 211 Å². The molecule has 0 fully saturated rings. The van der Waals surface area contributed by atoms with Crippen LogP contribution in [0, 0.1) is 0 Å². The number of aliphatic carboxylic acids is 2. The van der Waals surface area contributed by atoms with Crippen LogP contribution >= 0.6 is 0 Å². The third kappa shape index (κ3) is 37.7. The molecule has 2 N–H and O–H groups in total. The molecule has 0 aliphatic carbocycles. The average molecular weight is 481 g/mol. The Morgan fingerprint density at radius 1 is 0.441 bits per heavy atom. The Morgan fingerprint density at radius 2 is 0.735 bits per heavy atom. The molecule has 0 aromatic carbocycles. The monoisotopic (exact) mass is 480 g/mol. The van der Waals surface area contributed by atoms with E-state index in [1.54, 1.807) is 0 Å². The van der Waals surface area contributed by atoms with E-state index in [1.807, 2.05) is 0 Å². The molecule has 0 spiro atoms. The Morgan fingerprint density at radius 3 is 1.09 bits per heavy atom. The van der Waals surface area contributed by atoms with Crippen molar-refractivity contribution >= 4 is 11.9 Å². The lowest BCUT2D eigenvalue weighted by molar-refractivity contribution is -0.138. The Balaban J connectivity index is 0. The number of allylic oxidation sites excluding steroid dienone is 4. The van der Waals surface area contributed by atoms with E-state index < -0.39 is 11.9 Å². The van der Waals surface area contributed by atoms with E-state index in [1.165, 1.54) is 103 Å². The summed E-state index contributed by atoms with van der Waals surface area (Å²) in [5.41, 5.74) is 0. The lowest BCUT2D eigenvalue weighted by Gasteiger charge is -1.98. The number of hydrogen-bond donors (Lipinski definition) is 2. The van der Waals surface area contributed by atoms with E-state index in [2.05, 4.69) is 38.2 Å². The zero-order chi connectivity index (χ0) is 25.5. The number of carbonyl (C=O) groups is 2. The van der Waals surface area contributed by atoms with Gasteiger partial charge in [0.25, 0.3) is 0 Å². The van der Waals surface area contributed by atoms with Gasteiger partial charge in [-0.25, -0.2) is 0 Å². The van der Waals surface area contributed by atoms with E-state index in [4.69, 9.17) is 10.2 Å². The summed E-state index contributed by atoms with van der Waals surface area (Å²) in [5.74, 6) is -1.33. The highest BCUT2D eigenvalue weighted by atomic mass is 16.4. The summed E-state index contributed by atoms with van der Waals surface area (Å²) in [6.45, 7) is 4.46. The molecule has 34 heavy (non-hydrogen) atoms. The molecule has 0 amide bonds. The summed E-state index contributed by atoms with van der Waals surface area (Å²) in [7, 11) is 0. The van der Waals surface area contributed by atoms with E-state index in [9.17, 15) is 9.59 Å². The maximum Gasteiger partial charge on any atom is 0.303 e. The first-order chi connectivity index (χ1) is 16.5. The maximum atomic E-state index is 10.3. The molecule has 0 rings (SSSR count). The quantitative estimate of drug-likeness (QED) is 0.106. The molecule has 0 saturated heterocycles. The lowest BCUT2D eigenvalue weighted by Crippen LogP contribution is -1.93. The van der Waals surface area contributed by atoms with Crippen LogP contribution in [0.25, 0.3) is 0 Å². The molecule has 0 aliphatic heterocycles. The van der Waals surface area contributed by atoms with Gasteiger partial charge in [0.2, 0.25) is 0 Å². The van der Waals surface area contributed by atoms with Gasteiger partial charge in [-0.05, 0) is 57.8 Å². The number of carboxylic acid groups (broad SMARTS) is 2. The van der Waals surface area contributed by atoms with Gasteiger partial charge >= 0.3 is 11.9 Å². The van der Waals surface area contributed by atoms with Crippen molar-refractivity contribution in [1.82, 2.24) is 0 Å². The smallest absolute Gasteiger partial charge is 0.303 e. The van der Waals surface area contributed by atoms with E-state index in [-0.39, 0.29) is 0 Å². The van der Waals surface area contributed by atoms with Gasteiger partial charge < -0.3 is 10.2 Å². The topological polar surface area (TPSA) is 74.6 Å².